The summed E-state index contributed by atoms with van der Waals surface area (Å²) in [5.74, 6) is 0.453. The van der Waals surface area contributed by atoms with Gasteiger partial charge in [0.2, 0.25) is 0 Å². The molecule has 0 amide bonds. The van der Waals surface area contributed by atoms with E-state index in [9.17, 15) is 0 Å². The third kappa shape index (κ3) is 2.34. The van der Waals surface area contributed by atoms with E-state index in [4.69, 9.17) is 0 Å². The minimum Gasteiger partial charge on any atom is -0.310 e. The Bertz CT molecular complexity index is 594. The molecule has 0 radical (unpaired) electrons. The van der Waals surface area contributed by atoms with Gasteiger partial charge in [0.15, 0.2) is 0 Å². The maximum absolute atomic E-state index is 4.64. The predicted molar refractivity (Wildman–Crippen MR) is 80.7 cm³/mol. The van der Waals surface area contributed by atoms with E-state index in [2.05, 4.69) is 41.3 Å². The summed E-state index contributed by atoms with van der Waals surface area (Å²) < 4.78 is 0. The molecule has 0 bridgehead atoms. The molecule has 0 spiro atoms. The Kier molecular flexibility index (Phi) is 3.79. The maximum Gasteiger partial charge on any atom is 0.0485 e. The highest BCUT2D eigenvalue weighted by Gasteiger charge is 2.32. The van der Waals surface area contributed by atoms with Crippen molar-refractivity contribution < 1.29 is 0 Å². The molecular weight excluding hydrogens is 246 g/mol. The van der Waals surface area contributed by atoms with Gasteiger partial charge in [-0.05, 0) is 49.6 Å². The van der Waals surface area contributed by atoms with Gasteiger partial charge >= 0.3 is 0 Å². The van der Waals surface area contributed by atoms with Crippen molar-refractivity contribution in [3.63, 3.8) is 0 Å². The van der Waals surface area contributed by atoms with Gasteiger partial charge in [0.1, 0.15) is 0 Å². The third-order valence-corrected chi connectivity index (χ3v) is 4.21. The molecule has 2 aromatic rings. The zero-order valence-corrected chi connectivity index (χ0v) is 12.1. The smallest absolute Gasteiger partial charge is 0.0485 e. The fourth-order valence-corrected chi connectivity index (χ4v) is 3.28. The van der Waals surface area contributed by atoms with Crippen molar-refractivity contribution in [1.29, 1.82) is 0 Å². The number of nitrogens with one attached hydrogen (secondary N) is 1. The lowest BCUT2D eigenvalue weighted by Gasteiger charge is -2.26. The molecule has 2 unspecified atom stereocenters. The summed E-state index contributed by atoms with van der Waals surface area (Å²) in [6.07, 6.45) is 6.08. The Morgan fingerprint density at radius 3 is 2.85 bits per heavy atom. The van der Waals surface area contributed by atoms with Crippen LogP contribution in [-0.2, 0) is 6.42 Å². The summed E-state index contributed by atoms with van der Waals surface area (Å²) in [6.45, 7) is 5.21. The number of fused-ring (bicyclic) bond motifs is 1. The summed E-state index contributed by atoms with van der Waals surface area (Å²) in [4.78, 5) is 9.09. The molecule has 1 aliphatic carbocycles. The Balaban J connectivity index is 1.99. The number of aryl methyl sites for hydroxylation is 2. The van der Waals surface area contributed by atoms with Crippen molar-refractivity contribution in [2.45, 2.75) is 38.6 Å². The number of hydrogen-bond acceptors (Lipinski definition) is 3. The molecule has 104 valence electrons. The SMILES string of the molecule is CCNC(c1cccnc1C)C1CCc2cccnc21. The number of rotatable bonds is 4. The molecule has 20 heavy (non-hydrogen) atoms. The van der Waals surface area contributed by atoms with Gasteiger partial charge in [0.25, 0.3) is 0 Å². The molecule has 3 rings (SSSR count). The highest BCUT2D eigenvalue weighted by molar-refractivity contribution is 5.34. The maximum atomic E-state index is 4.64. The molecule has 2 aromatic heterocycles. The Morgan fingerprint density at radius 2 is 2.05 bits per heavy atom. The topological polar surface area (TPSA) is 37.8 Å². The monoisotopic (exact) mass is 267 g/mol. The fraction of sp³-hybridized carbons (Fsp3) is 0.412. The average molecular weight is 267 g/mol. The minimum absolute atomic E-state index is 0.310. The van der Waals surface area contributed by atoms with Crippen LogP contribution in [0.25, 0.3) is 0 Å². The normalized spacial score (nSPS) is 18.8. The van der Waals surface area contributed by atoms with E-state index in [1.807, 2.05) is 24.5 Å². The van der Waals surface area contributed by atoms with Gasteiger partial charge in [-0.2, -0.15) is 0 Å². The Morgan fingerprint density at radius 1 is 1.25 bits per heavy atom. The van der Waals surface area contributed by atoms with Crippen molar-refractivity contribution in [1.82, 2.24) is 15.3 Å². The van der Waals surface area contributed by atoms with Crippen molar-refractivity contribution in [3.8, 4) is 0 Å². The third-order valence-electron chi connectivity index (χ3n) is 4.21. The number of nitrogens with zero attached hydrogens (tertiary/aromatic N) is 2. The van der Waals surface area contributed by atoms with Crippen molar-refractivity contribution in [2.24, 2.45) is 0 Å². The van der Waals surface area contributed by atoms with E-state index in [0.717, 1.165) is 18.7 Å². The van der Waals surface area contributed by atoms with Crippen molar-refractivity contribution >= 4 is 0 Å². The fourth-order valence-electron chi connectivity index (χ4n) is 3.28. The second-order valence-corrected chi connectivity index (χ2v) is 5.41. The lowest BCUT2D eigenvalue weighted by atomic mass is 9.90. The van der Waals surface area contributed by atoms with Gasteiger partial charge in [-0.3, -0.25) is 9.97 Å². The molecule has 2 atom stereocenters. The quantitative estimate of drug-likeness (QED) is 0.924. The predicted octanol–water partition coefficient (Wildman–Crippen LogP) is 3.17. The van der Waals surface area contributed by atoms with Crippen LogP contribution < -0.4 is 5.32 Å². The zero-order chi connectivity index (χ0) is 13.9. The van der Waals surface area contributed by atoms with E-state index in [1.54, 1.807) is 0 Å². The van der Waals surface area contributed by atoms with Gasteiger partial charge in [-0.1, -0.05) is 19.1 Å². The molecular formula is C17H21N3. The van der Waals surface area contributed by atoms with E-state index in [0.29, 0.717) is 12.0 Å². The number of pyridine rings is 2. The number of likely N-dealkylation sites (N-methyl/N-ethyl adjacent to an activating group) is 1. The standard InChI is InChI=1S/C17H21N3/c1-3-18-17(14-7-5-10-19-12(14)2)15-9-8-13-6-4-11-20-16(13)15/h4-7,10-11,15,17-18H,3,8-9H2,1-2H3. The molecule has 0 saturated heterocycles. The van der Waals surface area contributed by atoms with Crippen LogP contribution in [-0.4, -0.2) is 16.5 Å². The first-order chi connectivity index (χ1) is 9.81. The molecule has 0 fully saturated rings. The summed E-state index contributed by atoms with van der Waals surface area (Å²) in [5.41, 5.74) is 5.09. The highest BCUT2D eigenvalue weighted by Crippen LogP contribution is 2.40. The largest absolute Gasteiger partial charge is 0.310 e. The number of aromatic nitrogens is 2. The van der Waals surface area contributed by atoms with Crippen LogP contribution in [0.15, 0.2) is 36.7 Å². The van der Waals surface area contributed by atoms with Gasteiger partial charge in [-0.15, -0.1) is 0 Å². The Labute approximate surface area is 120 Å². The second kappa shape index (κ2) is 5.71. The van der Waals surface area contributed by atoms with Crippen molar-refractivity contribution in [3.05, 3.63) is 59.2 Å². The summed E-state index contributed by atoms with van der Waals surface area (Å²) in [7, 11) is 0. The first-order valence-corrected chi connectivity index (χ1v) is 7.40. The Hall–Kier alpha value is -1.74. The van der Waals surface area contributed by atoms with Crippen LogP contribution in [0.4, 0.5) is 0 Å². The highest BCUT2D eigenvalue weighted by atomic mass is 14.9. The van der Waals surface area contributed by atoms with E-state index >= 15 is 0 Å². The minimum atomic E-state index is 0.310. The molecule has 0 saturated carbocycles. The average Bonchev–Trinajstić information content (AvgIpc) is 2.90. The summed E-state index contributed by atoms with van der Waals surface area (Å²) in [5, 5.41) is 3.64. The van der Waals surface area contributed by atoms with Crippen molar-refractivity contribution in [2.75, 3.05) is 6.54 Å². The lowest BCUT2D eigenvalue weighted by Crippen LogP contribution is -2.27. The molecule has 1 aliphatic rings. The first kappa shape index (κ1) is 13.3. The van der Waals surface area contributed by atoms with E-state index in [-0.39, 0.29) is 0 Å². The van der Waals surface area contributed by atoms with Gasteiger partial charge < -0.3 is 5.32 Å². The molecule has 3 heteroatoms. The molecule has 2 heterocycles. The lowest BCUT2D eigenvalue weighted by molar-refractivity contribution is 0.444. The molecule has 0 aliphatic heterocycles. The molecule has 3 nitrogen and oxygen atoms in total. The van der Waals surface area contributed by atoms with Gasteiger partial charge in [0.05, 0.1) is 0 Å². The van der Waals surface area contributed by atoms with Gasteiger partial charge in [-0.25, -0.2) is 0 Å². The van der Waals surface area contributed by atoms with E-state index < -0.39 is 0 Å². The van der Waals surface area contributed by atoms with Gasteiger partial charge in [0, 0.05) is 35.7 Å². The zero-order valence-electron chi connectivity index (χ0n) is 12.1. The summed E-state index contributed by atoms with van der Waals surface area (Å²) in [6, 6.07) is 8.78. The van der Waals surface area contributed by atoms with Crippen LogP contribution in [0, 0.1) is 6.92 Å². The summed E-state index contributed by atoms with van der Waals surface area (Å²) >= 11 is 0. The van der Waals surface area contributed by atoms with E-state index in [1.165, 1.54) is 23.2 Å². The van der Waals surface area contributed by atoms with Crippen LogP contribution in [0.2, 0.25) is 0 Å². The van der Waals surface area contributed by atoms with Crippen LogP contribution in [0.3, 0.4) is 0 Å². The molecule has 1 N–H and O–H groups in total. The molecule has 0 aromatic carbocycles. The number of hydrogen-bond donors (Lipinski definition) is 1. The van der Waals surface area contributed by atoms with Crippen LogP contribution in [0.5, 0.6) is 0 Å². The second-order valence-electron chi connectivity index (χ2n) is 5.41. The first-order valence-electron chi connectivity index (χ1n) is 7.40. The van der Waals surface area contributed by atoms with Crippen LogP contribution in [0.1, 0.15) is 47.8 Å². The van der Waals surface area contributed by atoms with Crippen LogP contribution >= 0.6 is 0 Å².